The molecule has 0 aromatic heterocycles. The van der Waals surface area contributed by atoms with Gasteiger partial charge in [-0.1, -0.05) is 12.1 Å². The molecule has 0 saturated carbocycles. The van der Waals surface area contributed by atoms with Crippen LogP contribution in [0.1, 0.15) is 37.8 Å². The Bertz CT molecular complexity index is 592. The number of amides is 1. The second-order valence-electron chi connectivity index (χ2n) is 6.42. The third kappa shape index (κ3) is 4.21. The van der Waals surface area contributed by atoms with Crippen LogP contribution in [-0.4, -0.2) is 36.1 Å². The summed E-state index contributed by atoms with van der Waals surface area (Å²) in [6.45, 7) is 18.4. The van der Waals surface area contributed by atoms with Crippen molar-refractivity contribution in [2.75, 3.05) is 25.0 Å². The fourth-order valence-electron chi connectivity index (χ4n) is 3.62. The van der Waals surface area contributed by atoms with Crippen LogP contribution in [0.3, 0.4) is 0 Å². The van der Waals surface area contributed by atoms with E-state index in [2.05, 4.69) is 17.1 Å². The molecule has 121 valence electrons. The largest absolute Gasteiger partial charge is 0.321 e. The van der Waals surface area contributed by atoms with Crippen LogP contribution < -0.4 is 5.32 Å². The van der Waals surface area contributed by atoms with Crippen LogP contribution in [0.5, 0.6) is 0 Å². The summed E-state index contributed by atoms with van der Waals surface area (Å²) in [6.07, 6.45) is 2.42. The molecular weight excluding hydrogens is 363 g/mol. The van der Waals surface area contributed by atoms with E-state index >= 15 is 0 Å². The van der Waals surface area contributed by atoms with Gasteiger partial charge in [-0.15, -0.1) is 0 Å². The molecule has 0 aliphatic carbocycles. The van der Waals surface area contributed by atoms with Gasteiger partial charge in [-0.2, -0.15) is 0 Å². The van der Waals surface area contributed by atoms with E-state index in [0.717, 1.165) is 40.9 Å². The third-order valence-electron chi connectivity index (χ3n) is 5.18. The molecule has 0 spiro atoms. The van der Waals surface area contributed by atoms with Gasteiger partial charge in [-0.25, -0.2) is 4.85 Å². The molecule has 1 amide bonds. The molecule has 5 heteroatoms. The number of carbonyl (C=O) groups is 1. The number of aryl methyl sites for hydroxylation is 2. The zero-order chi connectivity index (χ0) is 16.3. The van der Waals surface area contributed by atoms with Crippen molar-refractivity contribution in [1.82, 2.24) is 0 Å². The van der Waals surface area contributed by atoms with E-state index in [-0.39, 0.29) is 44.7 Å². The quantitative estimate of drug-likeness (QED) is 0.617. The van der Waals surface area contributed by atoms with Crippen LogP contribution >= 0.6 is 0 Å². The van der Waals surface area contributed by atoms with Gasteiger partial charge < -0.3 is 9.80 Å². The summed E-state index contributed by atoms with van der Waals surface area (Å²) in [6, 6.07) is 3.63. The van der Waals surface area contributed by atoms with Gasteiger partial charge in [0.25, 0.3) is 5.91 Å². The summed E-state index contributed by atoms with van der Waals surface area (Å²) in [4.78, 5) is 16.2. The van der Waals surface area contributed by atoms with Crippen LogP contribution in [0.15, 0.2) is 12.1 Å². The summed E-state index contributed by atoms with van der Waals surface area (Å²) in [5.41, 5.74) is 3.39. The van der Waals surface area contributed by atoms with E-state index in [4.69, 9.17) is 6.57 Å². The SMILES string of the molecule is [C-]#[N+]c1cc(C)c(NC(=O)C(C)[N+]2(CC)CCCC2)c(C)c1.[Y]. The van der Waals surface area contributed by atoms with Gasteiger partial charge >= 0.3 is 0 Å². The molecule has 1 unspecified atom stereocenters. The molecule has 1 aliphatic rings. The zero-order valence-corrected chi connectivity index (χ0v) is 17.5. The van der Waals surface area contributed by atoms with Gasteiger partial charge in [0.15, 0.2) is 11.7 Å². The Labute approximate surface area is 164 Å². The van der Waals surface area contributed by atoms with E-state index in [1.54, 1.807) is 0 Å². The van der Waals surface area contributed by atoms with Crippen molar-refractivity contribution in [3.63, 3.8) is 0 Å². The summed E-state index contributed by atoms with van der Waals surface area (Å²) >= 11 is 0. The van der Waals surface area contributed by atoms with Crippen molar-refractivity contribution in [3.8, 4) is 0 Å². The van der Waals surface area contributed by atoms with Crippen LogP contribution in [-0.2, 0) is 37.5 Å². The second-order valence-corrected chi connectivity index (χ2v) is 6.42. The first-order valence-corrected chi connectivity index (χ1v) is 8.09. The van der Waals surface area contributed by atoms with Crippen molar-refractivity contribution < 1.29 is 42.0 Å². The Morgan fingerprint density at radius 3 is 2.26 bits per heavy atom. The molecule has 1 aliphatic heterocycles. The van der Waals surface area contributed by atoms with Crippen molar-refractivity contribution in [2.45, 2.75) is 46.6 Å². The third-order valence-corrected chi connectivity index (χ3v) is 5.18. The number of nitrogens with zero attached hydrogens (tertiary/aromatic N) is 2. The summed E-state index contributed by atoms with van der Waals surface area (Å²) in [5.74, 6) is 0.0884. The molecule has 1 radical (unpaired) electrons. The molecule has 4 nitrogen and oxygen atoms in total. The molecule has 1 saturated heterocycles. The van der Waals surface area contributed by atoms with Crippen LogP contribution in [0.2, 0.25) is 0 Å². The minimum absolute atomic E-state index is 0. The summed E-state index contributed by atoms with van der Waals surface area (Å²) in [7, 11) is 0. The van der Waals surface area contributed by atoms with Gasteiger partial charge in [0, 0.05) is 51.2 Å². The van der Waals surface area contributed by atoms with Gasteiger partial charge in [0.2, 0.25) is 0 Å². The molecule has 2 rings (SSSR count). The van der Waals surface area contributed by atoms with Crippen LogP contribution in [0, 0.1) is 20.4 Å². The van der Waals surface area contributed by atoms with Crippen LogP contribution in [0.25, 0.3) is 4.85 Å². The summed E-state index contributed by atoms with van der Waals surface area (Å²) < 4.78 is 0.893. The zero-order valence-electron chi connectivity index (χ0n) is 14.6. The average Bonchev–Trinajstić information content (AvgIpc) is 2.99. The molecule has 1 atom stereocenters. The number of quaternary nitrogens is 1. The first-order valence-electron chi connectivity index (χ1n) is 8.09. The van der Waals surface area contributed by atoms with E-state index in [9.17, 15) is 4.79 Å². The Balaban J connectivity index is 0.00000264. The minimum Gasteiger partial charge on any atom is -0.321 e. The monoisotopic (exact) mass is 389 g/mol. The Morgan fingerprint density at radius 2 is 1.83 bits per heavy atom. The predicted molar refractivity (Wildman–Crippen MR) is 90.0 cm³/mol. The van der Waals surface area contributed by atoms with Gasteiger partial charge in [0.1, 0.15) is 0 Å². The maximum atomic E-state index is 12.7. The minimum atomic E-state index is -0.0353. The fourth-order valence-corrected chi connectivity index (χ4v) is 3.62. The van der Waals surface area contributed by atoms with Crippen molar-refractivity contribution in [2.24, 2.45) is 0 Å². The number of nitrogens with one attached hydrogen (secondary N) is 1. The summed E-state index contributed by atoms with van der Waals surface area (Å²) in [5, 5.41) is 3.11. The molecule has 23 heavy (non-hydrogen) atoms. The van der Waals surface area contributed by atoms with Gasteiger partial charge in [0.05, 0.1) is 26.2 Å². The fraction of sp³-hybridized carbons (Fsp3) is 0.556. The first kappa shape index (κ1) is 20.3. The maximum Gasteiger partial charge on any atom is 0.282 e. The number of likely N-dealkylation sites (N-methyl/N-ethyl adjacent to an activating group) is 1. The Morgan fingerprint density at radius 1 is 1.30 bits per heavy atom. The molecule has 1 fully saturated rings. The van der Waals surface area contributed by atoms with E-state index in [1.165, 1.54) is 12.8 Å². The molecular formula is C18H26N3OY+. The molecule has 1 aromatic carbocycles. The second kappa shape index (κ2) is 8.37. The molecule has 1 N–H and O–H groups in total. The van der Waals surface area contributed by atoms with E-state index in [1.807, 2.05) is 32.9 Å². The number of rotatable bonds is 4. The van der Waals surface area contributed by atoms with Crippen molar-refractivity contribution in [1.29, 1.82) is 0 Å². The first-order chi connectivity index (χ1) is 10.4. The van der Waals surface area contributed by atoms with Crippen molar-refractivity contribution >= 4 is 17.3 Å². The number of hydrogen-bond acceptors (Lipinski definition) is 1. The number of carbonyl (C=O) groups excluding carboxylic acids is 1. The molecule has 1 aromatic rings. The molecule has 1 heterocycles. The topological polar surface area (TPSA) is 33.5 Å². The Hall–Kier alpha value is -0.756. The standard InChI is InChI=1S/C18H25N3O.Y/c1-6-21(9-7-8-10-21)15(4)18(22)20-17-13(2)11-16(19-5)12-14(17)3;/h11-12,15H,6-10H2,1-4H3;/p+1. The predicted octanol–water partition coefficient (Wildman–Crippen LogP) is 3.81. The smallest absolute Gasteiger partial charge is 0.282 e. The number of likely N-dealkylation sites (tertiary alicyclic amines) is 1. The normalized spacial score (nSPS) is 17.0. The average molecular weight is 389 g/mol. The van der Waals surface area contributed by atoms with Gasteiger partial charge in [-0.3, -0.25) is 4.79 Å². The number of benzene rings is 1. The van der Waals surface area contributed by atoms with E-state index in [0.29, 0.717) is 5.69 Å². The molecule has 0 bridgehead atoms. The van der Waals surface area contributed by atoms with Gasteiger partial charge in [-0.05, 0) is 38.8 Å². The number of anilines is 1. The van der Waals surface area contributed by atoms with Crippen LogP contribution in [0.4, 0.5) is 11.4 Å². The van der Waals surface area contributed by atoms with E-state index < -0.39 is 0 Å². The van der Waals surface area contributed by atoms with Crippen molar-refractivity contribution in [3.05, 3.63) is 34.7 Å². The maximum absolute atomic E-state index is 12.7. The number of hydrogen-bond donors (Lipinski definition) is 1. The Kier molecular flexibility index (Phi) is 7.39.